The van der Waals surface area contributed by atoms with E-state index in [0.29, 0.717) is 0 Å². The Hall–Kier alpha value is -3.13. The van der Waals surface area contributed by atoms with Gasteiger partial charge in [0, 0.05) is 11.1 Å². The zero-order valence-electron chi connectivity index (χ0n) is 15.4. The molecular weight excluding hydrogens is 316 g/mol. The van der Waals surface area contributed by atoms with Crippen LogP contribution in [0.15, 0.2) is 78.9 Å². The Morgan fingerprint density at radius 2 is 1.04 bits per heavy atom. The number of aromatic nitrogens is 2. The van der Waals surface area contributed by atoms with E-state index in [1.54, 1.807) is 0 Å². The summed E-state index contributed by atoms with van der Waals surface area (Å²) in [7, 11) is 0. The maximum atomic E-state index is 4.93. The molecule has 2 heteroatoms. The molecule has 0 atom stereocenters. The summed E-state index contributed by atoms with van der Waals surface area (Å²) >= 11 is 0. The van der Waals surface area contributed by atoms with Gasteiger partial charge < -0.3 is 0 Å². The smallest absolute Gasteiger partial charge is 0.0934 e. The van der Waals surface area contributed by atoms with Crippen LogP contribution in [-0.2, 0) is 0 Å². The molecule has 0 amide bonds. The average molecular weight is 338 g/mol. The van der Waals surface area contributed by atoms with Gasteiger partial charge in [-0.15, -0.1) is 0 Å². The van der Waals surface area contributed by atoms with Gasteiger partial charge in [0.25, 0.3) is 0 Å². The summed E-state index contributed by atoms with van der Waals surface area (Å²) in [6, 6.07) is 27.8. The average Bonchev–Trinajstić information content (AvgIpc) is 3.09. The van der Waals surface area contributed by atoms with Crippen molar-refractivity contribution in [1.82, 2.24) is 9.78 Å². The number of benzene rings is 3. The fraction of sp³-hybridized carbons (Fsp3) is 0.125. The van der Waals surface area contributed by atoms with Crippen molar-refractivity contribution in [3.63, 3.8) is 0 Å². The first kappa shape index (κ1) is 16.3. The molecule has 0 spiro atoms. The molecule has 3 aromatic carbocycles. The maximum absolute atomic E-state index is 4.93. The third-order valence-corrected chi connectivity index (χ3v) is 4.68. The lowest BCUT2D eigenvalue weighted by Crippen LogP contribution is -1.99. The standard InChI is InChI=1S/C24H22N2/c1-17-4-10-20(11-5-17)23-16-24(21-12-6-18(2)7-13-21)26(25-23)22-14-8-19(3)9-15-22/h4-16H,1-3H3. The third kappa shape index (κ3) is 3.18. The monoisotopic (exact) mass is 338 g/mol. The van der Waals surface area contributed by atoms with Gasteiger partial charge in [0.05, 0.1) is 17.1 Å². The molecule has 0 saturated heterocycles. The molecule has 4 aromatic rings. The lowest BCUT2D eigenvalue weighted by Gasteiger charge is -2.08. The van der Waals surface area contributed by atoms with E-state index >= 15 is 0 Å². The highest BCUT2D eigenvalue weighted by atomic mass is 15.3. The molecule has 0 aliphatic heterocycles. The van der Waals surface area contributed by atoms with Crippen LogP contribution in [0.1, 0.15) is 16.7 Å². The van der Waals surface area contributed by atoms with Gasteiger partial charge in [-0.3, -0.25) is 0 Å². The lowest BCUT2D eigenvalue weighted by atomic mass is 10.1. The van der Waals surface area contributed by atoms with Crippen molar-refractivity contribution in [2.24, 2.45) is 0 Å². The van der Waals surface area contributed by atoms with Crippen molar-refractivity contribution >= 4 is 0 Å². The van der Waals surface area contributed by atoms with Gasteiger partial charge in [0.15, 0.2) is 0 Å². The predicted octanol–water partition coefficient (Wildman–Crippen LogP) is 6.13. The molecular formula is C24H22N2. The zero-order chi connectivity index (χ0) is 18.1. The van der Waals surface area contributed by atoms with Crippen molar-refractivity contribution in [3.05, 3.63) is 95.6 Å². The molecule has 4 rings (SSSR count). The Kier molecular flexibility index (Phi) is 4.18. The van der Waals surface area contributed by atoms with E-state index in [1.165, 1.54) is 22.3 Å². The van der Waals surface area contributed by atoms with Gasteiger partial charge in [-0.05, 0) is 39.0 Å². The van der Waals surface area contributed by atoms with Crippen LogP contribution < -0.4 is 0 Å². The second-order valence-corrected chi connectivity index (χ2v) is 6.89. The van der Waals surface area contributed by atoms with Crippen LogP contribution in [-0.4, -0.2) is 9.78 Å². The fourth-order valence-electron chi connectivity index (χ4n) is 3.06. The molecule has 0 fully saturated rings. The minimum Gasteiger partial charge on any atom is -0.232 e. The van der Waals surface area contributed by atoms with Crippen molar-refractivity contribution in [2.45, 2.75) is 20.8 Å². The summed E-state index contributed by atoms with van der Waals surface area (Å²) in [5.41, 5.74) is 9.22. The highest BCUT2D eigenvalue weighted by Gasteiger charge is 2.13. The third-order valence-electron chi connectivity index (χ3n) is 4.68. The van der Waals surface area contributed by atoms with Crippen LogP contribution >= 0.6 is 0 Å². The molecule has 0 unspecified atom stereocenters. The van der Waals surface area contributed by atoms with Crippen molar-refractivity contribution in [2.75, 3.05) is 0 Å². The normalized spacial score (nSPS) is 10.9. The Labute approximate surface area is 154 Å². The second kappa shape index (κ2) is 6.64. The van der Waals surface area contributed by atoms with Crippen LogP contribution in [0.2, 0.25) is 0 Å². The minimum atomic E-state index is 0.987. The summed E-state index contributed by atoms with van der Waals surface area (Å²) in [4.78, 5) is 0. The second-order valence-electron chi connectivity index (χ2n) is 6.89. The number of nitrogens with zero attached hydrogens (tertiary/aromatic N) is 2. The van der Waals surface area contributed by atoms with Crippen molar-refractivity contribution in [1.29, 1.82) is 0 Å². The molecule has 0 N–H and O–H groups in total. The summed E-state index contributed by atoms with van der Waals surface area (Å²) in [5, 5.41) is 4.93. The van der Waals surface area contributed by atoms with Gasteiger partial charge in [0.2, 0.25) is 0 Å². The largest absolute Gasteiger partial charge is 0.232 e. The first-order valence-electron chi connectivity index (χ1n) is 8.91. The molecule has 0 aliphatic carbocycles. The first-order chi connectivity index (χ1) is 12.6. The van der Waals surface area contributed by atoms with E-state index in [-0.39, 0.29) is 0 Å². The summed E-state index contributed by atoms with van der Waals surface area (Å²) in [5.74, 6) is 0. The fourth-order valence-corrected chi connectivity index (χ4v) is 3.06. The first-order valence-corrected chi connectivity index (χ1v) is 8.91. The highest BCUT2D eigenvalue weighted by molar-refractivity contribution is 5.70. The molecule has 2 nitrogen and oxygen atoms in total. The molecule has 0 bridgehead atoms. The van der Waals surface area contributed by atoms with Gasteiger partial charge in [0.1, 0.15) is 0 Å². The van der Waals surface area contributed by atoms with E-state index in [9.17, 15) is 0 Å². The molecule has 1 heterocycles. The zero-order valence-corrected chi connectivity index (χ0v) is 15.4. The lowest BCUT2D eigenvalue weighted by molar-refractivity contribution is 0.891. The Morgan fingerprint density at radius 3 is 1.58 bits per heavy atom. The Bertz CT molecular complexity index is 958. The van der Waals surface area contributed by atoms with Crippen LogP contribution in [0, 0.1) is 20.8 Å². The van der Waals surface area contributed by atoms with Crippen molar-refractivity contribution < 1.29 is 0 Å². The molecule has 0 radical (unpaired) electrons. The topological polar surface area (TPSA) is 17.8 Å². The number of hydrogen-bond acceptors (Lipinski definition) is 1. The summed E-state index contributed by atoms with van der Waals surface area (Å²) < 4.78 is 2.04. The van der Waals surface area contributed by atoms with Crippen LogP contribution in [0.25, 0.3) is 28.2 Å². The van der Waals surface area contributed by atoms with E-state index in [0.717, 1.165) is 22.6 Å². The molecule has 0 saturated carbocycles. The van der Waals surface area contributed by atoms with Gasteiger partial charge in [-0.1, -0.05) is 77.4 Å². The number of aryl methyl sites for hydroxylation is 3. The van der Waals surface area contributed by atoms with E-state index in [4.69, 9.17) is 5.10 Å². The van der Waals surface area contributed by atoms with Crippen molar-refractivity contribution in [3.8, 4) is 28.2 Å². The molecule has 0 aliphatic rings. The Balaban J connectivity index is 1.88. The van der Waals surface area contributed by atoms with Gasteiger partial charge in [-0.25, -0.2) is 4.68 Å². The van der Waals surface area contributed by atoms with E-state index in [2.05, 4.69) is 99.6 Å². The van der Waals surface area contributed by atoms with Crippen LogP contribution in [0.4, 0.5) is 0 Å². The van der Waals surface area contributed by atoms with Crippen LogP contribution in [0.3, 0.4) is 0 Å². The highest BCUT2D eigenvalue weighted by Crippen LogP contribution is 2.29. The minimum absolute atomic E-state index is 0.987. The molecule has 128 valence electrons. The quantitative estimate of drug-likeness (QED) is 0.439. The summed E-state index contributed by atoms with van der Waals surface area (Å²) in [6.45, 7) is 6.32. The van der Waals surface area contributed by atoms with Gasteiger partial charge >= 0.3 is 0 Å². The van der Waals surface area contributed by atoms with Crippen LogP contribution in [0.5, 0.6) is 0 Å². The van der Waals surface area contributed by atoms with Gasteiger partial charge in [-0.2, -0.15) is 5.10 Å². The summed E-state index contributed by atoms with van der Waals surface area (Å²) in [6.07, 6.45) is 0. The molecule has 1 aromatic heterocycles. The number of hydrogen-bond donors (Lipinski definition) is 0. The molecule has 26 heavy (non-hydrogen) atoms. The Morgan fingerprint density at radius 1 is 0.577 bits per heavy atom. The maximum Gasteiger partial charge on any atom is 0.0934 e. The predicted molar refractivity (Wildman–Crippen MR) is 109 cm³/mol. The van der Waals surface area contributed by atoms with E-state index in [1.807, 2.05) is 4.68 Å². The SMILES string of the molecule is Cc1ccc(-c2cc(-c3ccc(C)cc3)n(-c3ccc(C)cc3)n2)cc1. The van der Waals surface area contributed by atoms with E-state index < -0.39 is 0 Å². The number of rotatable bonds is 3.